The van der Waals surface area contributed by atoms with Crippen molar-refractivity contribution in [3.05, 3.63) is 23.8 Å². The van der Waals surface area contributed by atoms with E-state index < -0.39 is 0 Å². The summed E-state index contributed by atoms with van der Waals surface area (Å²) in [5.74, 6) is 0.799. The summed E-state index contributed by atoms with van der Waals surface area (Å²) in [6, 6.07) is 6.93. The first-order valence-corrected chi connectivity index (χ1v) is 7.27. The molecule has 1 N–H and O–H groups in total. The molecule has 1 amide bonds. The summed E-state index contributed by atoms with van der Waals surface area (Å²) in [4.78, 5) is 11.6. The summed E-state index contributed by atoms with van der Waals surface area (Å²) in [6.45, 7) is 5.04. The van der Waals surface area contributed by atoms with Crippen LogP contribution >= 0.6 is 0 Å². The van der Waals surface area contributed by atoms with Crippen LogP contribution in [0, 0.1) is 11.3 Å². The molecule has 0 aliphatic carbocycles. The van der Waals surface area contributed by atoms with Gasteiger partial charge in [-0.2, -0.15) is 5.26 Å². The Morgan fingerprint density at radius 2 is 2.05 bits per heavy atom. The maximum Gasteiger partial charge on any atom is 0.257 e. The number of rotatable bonds is 9. The molecule has 0 radical (unpaired) electrons. The van der Waals surface area contributed by atoms with Gasteiger partial charge in [-0.3, -0.25) is 4.79 Å². The molecule has 114 valence electrons. The lowest BCUT2D eigenvalue weighted by Crippen LogP contribution is -2.29. The molecule has 5 heteroatoms. The van der Waals surface area contributed by atoms with Crippen LogP contribution in [0.15, 0.2) is 18.2 Å². The molecule has 0 aliphatic heterocycles. The maximum absolute atomic E-state index is 11.6. The Morgan fingerprint density at radius 3 is 2.71 bits per heavy atom. The lowest BCUT2D eigenvalue weighted by atomic mass is 10.2. The molecule has 0 heterocycles. The second-order valence-corrected chi connectivity index (χ2v) is 4.55. The summed E-state index contributed by atoms with van der Waals surface area (Å²) >= 11 is 0. The Bertz CT molecular complexity index is 495. The van der Waals surface area contributed by atoms with Gasteiger partial charge in [0.25, 0.3) is 5.91 Å². The Hall–Kier alpha value is -2.22. The predicted molar refractivity (Wildman–Crippen MR) is 80.4 cm³/mol. The van der Waals surface area contributed by atoms with Gasteiger partial charge in [-0.15, -0.1) is 0 Å². The van der Waals surface area contributed by atoms with E-state index in [4.69, 9.17) is 14.7 Å². The SMILES string of the molecule is CCCCCNC(=O)COc1ccc(C#N)cc1OCC. The van der Waals surface area contributed by atoms with E-state index in [9.17, 15) is 4.79 Å². The predicted octanol–water partition coefficient (Wildman–Crippen LogP) is 2.64. The highest BCUT2D eigenvalue weighted by atomic mass is 16.5. The van der Waals surface area contributed by atoms with Crippen LogP contribution in [-0.4, -0.2) is 25.7 Å². The van der Waals surface area contributed by atoms with Gasteiger partial charge in [0.05, 0.1) is 18.2 Å². The summed E-state index contributed by atoms with van der Waals surface area (Å²) in [5.41, 5.74) is 0.495. The largest absolute Gasteiger partial charge is 0.490 e. The molecular formula is C16H22N2O3. The third-order valence-corrected chi connectivity index (χ3v) is 2.83. The zero-order valence-corrected chi connectivity index (χ0v) is 12.6. The zero-order chi connectivity index (χ0) is 15.5. The van der Waals surface area contributed by atoms with E-state index >= 15 is 0 Å². The van der Waals surface area contributed by atoms with Crippen molar-refractivity contribution < 1.29 is 14.3 Å². The minimum atomic E-state index is -0.155. The first kappa shape index (κ1) is 16.8. The number of amides is 1. The lowest BCUT2D eigenvalue weighted by molar-refractivity contribution is -0.123. The molecule has 1 aromatic carbocycles. The van der Waals surface area contributed by atoms with E-state index in [0.717, 1.165) is 19.3 Å². The van der Waals surface area contributed by atoms with Gasteiger partial charge in [-0.05, 0) is 25.5 Å². The van der Waals surface area contributed by atoms with Crippen LogP contribution < -0.4 is 14.8 Å². The molecule has 0 aliphatic rings. The van der Waals surface area contributed by atoms with Crippen molar-refractivity contribution in [2.24, 2.45) is 0 Å². The van der Waals surface area contributed by atoms with Crippen molar-refractivity contribution in [2.45, 2.75) is 33.1 Å². The van der Waals surface area contributed by atoms with Gasteiger partial charge in [-0.25, -0.2) is 0 Å². The van der Waals surface area contributed by atoms with E-state index in [1.54, 1.807) is 18.2 Å². The molecule has 0 saturated heterocycles. The molecule has 0 bridgehead atoms. The third-order valence-electron chi connectivity index (χ3n) is 2.83. The molecule has 21 heavy (non-hydrogen) atoms. The van der Waals surface area contributed by atoms with Gasteiger partial charge >= 0.3 is 0 Å². The third kappa shape index (κ3) is 6.17. The molecular weight excluding hydrogens is 268 g/mol. The second kappa shape index (κ2) is 9.65. The Kier molecular flexibility index (Phi) is 7.73. The minimum Gasteiger partial charge on any atom is -0.490 e. The quantitative estimate of drug-likeness (QED) is 0.710. The van der Waals surface area contributed by atoms with Crippen LogP contribution in [0.5, 0.6) is 11.5 Å². The molecule has 0 atom stereocenters. The average molecular weight is 290 g/mol. The number of hydrogen-bond acceptors (Lipinski definition) is 4. The van der Waals surface area contributed by atoms with Gasteiger partial charge in [0.2, 0.25) is 0 Å². The number of hydrogen-bond donors (Lipinski definition) is 1. The summed E-state index contributed by atoms with van der Waals surface area (Å²) in [7, 11) is 0. The minimum absolute atomic E-state index is 0.0574. The highest BCUT2D eigenvalue weighted by molar-refractivity contribution is 5.77. The number of benzene rings is 1. The van der Waals surface area contributed by atoms with E-state index in [1.165, 1.54) is 0 Å². The van der Waals surface area contributed by atoms with Crippen LogP contribution in [0.1, 0.15) is 38.7 Å². The van der Waals surface area contributed by atoms with Gasteiger partial charge < -0.3 is 14.8 Å². The molecule has 1 aromatic rings. The molecule has 1 rings (SSSR count). The normalized spacial score (nSPS) is 9.76. The zero-order valence-electron chi connectivity index (χ0n) is 12.6. The van der Waals surface area contributed by atoms with Crippen molar-refractivity contribution in [3.63, 3.8) is 0 Å². The number of carbonyl (C=O) groups is 1. The van der Waals surface area contributed by atoms with E-state index in [2.05, 4.69) is 12.2 Å². The van der Waals surface area contributed by atoms with Gasteiger partial charge in [0.15, 0.2) is 18.1 Å². The fourth-order valence-corrected chi connectivity index (χ4v) is 1.76. The van der Waals surface area contributed by atoms with E-state index in [1.807, 2.05) is 13.0 Å². The van der Waals surface area contributed by atoms with Crippen molar-refractivity contribution in [2.75, 3.05) is 19.8 Å². The van der Waals surface area contributed by atoms with Crippen molar-refractivity contribution in [1.29, 1.82) is 5.26 Å². The fourth-order valence-electron chi connectivity index (χ4n) is 1.76. The Morgan fingerprint density at radius 1 is 1.24 bits per heavy atom. The highest BCUT2D eigenvalue weighted by Crippen LogP contribution is 2.28. The fraction of sp³-hybridized carbons (Fsp3) is 0.500. The summed E-state index contributed by atoms with van der Waals surface area (Å²) in [6.07, 6.45) is 3.20. The van der Waals surface area contributed by atoms with Crippen LogP contribution in [0.2, 0.25) is 0 Å². The smallest absolute Gasteiger partial charge is 0.257 e. The van der Waals surface area contributed by atoms with Gasteiger partial charge in [-0.1, -0.05) is 19.8 Å². The summed E-state index contributed by atoms with van der Waals surface area (Å²) < 4.78 is 10.9. The standard InChI is InChI=1S/C16H22N2O3/c1-3-5-6-9-18-16(19)12-21-14-8-7-13(11-17)10-15(14)20-4-2/h7-8,10H,3-6,9,12H2,1-2H3,(H,18,19). The van der Waals surface area contributed by atoms with Gasteiger partial charge in [0.1, 0.15) is 0 Å². The van der Waals surface area contributed by atoms with Gasteiger partial charge in [0, 0.05) is 12.6 Å². The Balaban J connectivity index is 2.50. The lowest BCUT2D eigenvalue weighted by Gasteiger charge is -2.12. The van der Waals surface area contributed by atoms with Crippen molar-refractivity contribution in [1.82, 2.24) is 5.32 Å². The topological polar surface area (TPSA) is 71.3 Å². The number of nitriles is 1. The number of carbonyl (C=O) groups excluding carboxylic acids is 1. The molecule has 0 aromatic heterocycles. The first-order chi connectivity index (χ1) is 10.2. The van der Waals surface area contributed by atoms with Crippen LogP contribution in [0.3, 0.4) is 0 Å². The van der Waals surface area contributed by atoms with E-state index in [0.29, 0.717) is 30.2 Å². The first-order valence-electron chi connectivity index (χ1n) is 7.27. The molecule has 0 spiro atoms. The van der Waals surface area contributed by atoms with Crippen molar-refractivity contribution in [3.8, 4) is 17.6 Å². The van der Waals surface area contributed by atoms with Crippen LogP contribution in [-0.2, 0) is 4.79 Å². The number of nitrogens with one attached hydrogen (secondary N) is 1. The molecule has 0 saturated carbocycles. The number of nitrogens with zero attached hydrogens (tertiary/aromatic N) is 1. The van der Waals surface area contributed by atoms with E-state index in [-0.39, 0.29) is 12.5 Å². The average Bonchev–Trinajstić information content (AvgIpc) is 2.50. The number of ether oxygens (including phenoxy) is 2. The van der Waals surface area contributed by atoms with Crippen LogP contribution in [0.4, 0.5) is 0 Å². The van der Waals surface area contributed by atoms with Crippen LogP contribution in [0.25, 0.3) is 0 Å². The molecule has 5 nitrogen and oxygen atoms in total. The maximum atomic E-state index is 11.6. The van der Waals surface area contributed by atoms with Crippen molar-refractivity contribution >= 4 is 5.91 Å². The summed E-state index contributed by atoms with van der Waals surface area (Å²) in [5, 5.41) is 11.7. The molecule has 0 fully saturated rings. The monoisotopic (exact) mass is 290 g/mol. The Labute approximate surface area is 125 Å². The number of unbranched alkanes of at least 4 members (excludes halogenated alkanes) is 2. The highest BCUT2D eigenvalue weighted by Gasteiger charge is 2.09. The second-order valence-electron chi connectivity index (χ2n) is 4.55. The molecule has 0 unspecified atom stereocenters.